The topological polar surface area (TPSA) is 50.8 Å². The third-order valence-corrected chi connectivity index (χ3v) is 4.03. The lowest BCUT2D eigenvalue weighted by Crippen LogP contribution is -2.37. The van der Waals surface area contributed by atoms with Crippen molar-refractivity contribution in [2.75, 3.05) is 26.9 Å². The van der Waals surface area contributed by atoms with Crippen molar-refractivity contribution in [3.05, 3.63) is 23.8 Å². The van der Waals surface area contributed by atoms with Gasteiger partial charge in [0.25, 0.3) is 5.91 Å². The molecular formula is C15H20N2O3. The molecule has 1 atom stereocenters. The van der Waals surface area contributed by atoms with Gasteiger partial charge in [-0.05, 0) is 50.6 Å². The Labute approximate surface area is 118 Å². The number of nitrogens with zero attached hydrogens (tertiary/aromatic N) is 1. The molecule has 5 heteroatoms. The van der Waals surface area contributed by atoms with Crippen molar-refractivity contribution >= 4 is 5.91 Å². The summed E-state index contributed by atoms with van der Waals surface area (Å²) < 4.78 is 10.6. The van der Waals surface area contributed by atoms with Crippen molar-refractivity contribution in [2.45, 2.75) is 25.3 Å². The Morgan fingerprint density at radius 1 is 1.25 bits per heavy atom. The first-order valence-corrected chi connectivity index (χ1v) is 7.13. The predicted molar refractivity (Wildman–Crippen MR) is 75.2 cm³/mol. The number of benzene rings is 1. The van der Waals surface area contributed by atoms with Gasteiger partial charge in [-0.25, -0.2) is 0 Å². The molecule has 1 saturated heterocycles. The number of nitrogens with one attached hydrogen (secondary N) is 1. The van der Waals surface area contributed by atoms with E-state index >= 15 is 0 Å². The lowest BCUT2D eigenvalue weighted by atomic mass is 10.1. The summed E-state index contributed by atoms with van der Waals surface area (Å²) in [6.07, 6.45) is 3.18. The second kappa shape index (κ2) is 5.71. The molecule has 5 nitrogen and oxygen atoms in total. The van der Waals surface area contributed by atoms with Crippen LogP contribution in [0.5, 0.6) is 11.5 Å². The Hall–Kier alpha value is -1.75. The number of amides is 1. The molecular weight excluding hydrogens is 256 g/mol. The van der Waals surface area contributed by atoms with E-state index in [2.05, 4.69) is 5.32 Å². The fourth-order valence-corrected chi connectivity index (χ4v) is 2.79. The van der Waals surface area contributed by atoms with E-state index in [1.165, 1.54) is 0 Å². The third-order valence-electron chi connectivity index (χ3n) is 4.03. The van der Waals surface area contributed by atoms with Crippen LogP contribution < -0.4 is 14.8 Å². The molecule has 3 rings (SSSR count). The monoisotopic (exact) mass is 276 g/mol. The largest absolute Gasteiger partial charge is 0.454 e. The Kier molecular flexibility index (Phi) is 3.78. The van der Waals surface area contributed by atoms with Crippen LogP contribution >= 0.6 is 0 Å². The quantitative estimate of drug-likeness (QED) is 0.892. The molecule has 0 spiro atoms. The molecule has 20 heavy (non-hydrogen) atoms. The van der Waals surface area contributed by atoms with Gasteiger partial charge < -0.3 is 19.7 Å². The summed E-state index contributed by atoms with van der Waals surface area (Å²) >= 11 is 0. The molecule has 1 aromatic carbocycles. The van der Waals surface area contributed by atoms with Crippen molar-refractivity contribution in [1.82, 2.24) is 10.2 Å². The van der Waals surface area contributed by atoms with Gasteiger partial charge in [0.15, 0.2) is 11.5 Å². The lowest BCUT2D eigenvalue weighted by Gasteiger charge is -2.27. The van der Waals surface area contributed by atoms with E-state index in [-0.39, 0.29) is 12.7 Å². The molecule has 0 bridgehead atoms. The molecule has 0 aromatic heterocycles. The Morgan fingerprint density at radius 3 is 3.00 bits per heavy atom. The number of hydrogen-bond acceptors (Lipinski definition) is 4. The highest BCUT2D eigenvalue weighted by molar-refractivity contribution is 5.95. The van der Waals surface area contributed by atoms with Gasteiger partial charge in [0, 0.05) is 18.7 Å². The number of ether oxygens (including phenoxy) is 2. The third kappa shape index (κ3) is 2.58. The van der Waals surface area contributed by atoms with E-state index in [0.717, 1.165) is 32.4 Å². The Bertz CT molecular complexity index is 496. The minimum absolute atomic E-state index is 0.0511. The van der Waals surface area contributed by atoms with Gasteiger partial charge in [0.05, 0.1) is 0 Å². The zero-order valence-electron chi connectivity index (χ0n) is 11.7. The molecule has 1 amide bonds. The summed E-state index contributed by atoms with van der Waals surface area (Å²) in [6.45, 7) is 2.25. The lowest BCUT2D eigenvalue weighted by molar-refractivity contribution is 0.0720. The van der Waals surface area contributed by atoms with Gasteiger partial charge in [0.2, 0.25) is 6.79 Å². The number of hydrogen-bond donors (Lipinski definition) is 1. The van der Waals surface area contributed by atoms with Gasteiger partial charge in [-0.2, -0.15) is 0 Å². The molecule has 2 aliphatic heterocycles. The molecule has 2 aliphatic rings. The van der Waals surface area contributed by atoms with Gasteiger partial charge in [-0.3, -0.25) is 4.79 Å². The smallest absolute Gasteiger partial charge is 0.253 e. The van der Waals surface area contributed by atoms with Crippen LogP contribution in [0.25, 0.3) is 0 Å². The van der Waals surface area contributed by atoms with Crippen LogP contribution in [0.1, 0.15) is 29.6 Å². The zero-order chi connectivity index (χ0) is 13.9. The minimum Gasteiger partial charge on any atom is -0.454 e. The first-order valence-electron chi connectivity index (χ1n) is 7.13. The molecule has 108 valence electrons. The maximum absolute atomic E-state index is 12.6. The highest BCUT2D eigenvalue weighted by Crippen LogP contribution is 2.33. The van der Waals surface area contributed by atoms with E-state index in [1.54, 1.807) is 18.2 Å². The molecule has 0 saturated carbocycles. The number of carbonyl (C=O) groups excluding carboxylic acids is 1. The average molecular weight is 276 g/mol. The van der Waals surface area contributed by atoms with Gasteiger partial charge in [0.1, 0.15) is 0 Å². The molecule has 1 aromatic rings. The van der Waals surface area contributed by atoms with Crippen molar-refractivity contribution < 1.29 is 14.3 Å². The average Bonchev–Trinajstić information content (AvgIpc) is 2.77. The van der Waals surface area contributed by atoms with Crippen molar-refractivity contribution in [2.24, 2.45) is 0 Å². The second-order valence-electron chi connectivity index (χ2n) is 5.32. The van der Waals surface area contributed by atoms with Gasteiger partial charge in [-0.1, -0.05) is 0 Å². The van der Waals surface area contributed by atoms with E-state index in [9.17, 15) is 4.79 Å². The summed E-state index contributed by atoms with van der Waals surface area (Å²) in [5.74, 6) is 1.42. The highest BCUT2D eigenvalue weighted by atomic mass is 16.7. The molecule has 1 fully saturated rings. The first-order chi connectivity index (χ1) is 9.75. The fourth-order valence-electron chi connectivity index (χ4n) is 2.79. The highest BCUT2D eigenvalue weighted by Gasteiger charge is 2.23. The summed E-state index contributed by atoms with van der Waals surface area (Å²) in [7, 11) is 1.89. The van der Waals surface area contributed by atoms with Crippen LogP contribution in [0.2, 0.25) is 0 Å². The van der Waals surface area contributed by atoms with Gasteiger partial charge in [-0.15, -0.1) is 0 Å². The summed E-state index contributed by atoms with van der Waals surface area (Å²) in [5, 5.41) is 3.37. The summed E-state index contributed by atoms with van der Waals surface area (Å²) in [4.78, 5) is 14.4. The summed E-state index contributed by atoms with van der Waals surface area (Å²) in [5.41, 5.74) is 0.661. The first kappa shape index (κ1) is 13.2. The molecule has 0 aliphatic carbocycles. The standard InChI is InChI=1S/C15H20N2O3/c1-17(12-3-2-7-16-8-6-12)15(18)11-4-5-13-14(9-11)20-10-19-13/h4-5,9,12,16H,2-3,6-8,10H2,1H3. The van der Waals surface area contributed by atoms with Crippen LogP contribution in [0.4, 0.5) is 0 Å². The zero-order valence-corrected chi connectivity index (χ0v) is 11.7. The van der Waals surface area contributed by atoms with Crippen LogP contribution in [-0.4, -0.2) is 43.8 Å². The summed E-state index contributed by atoms with van der Waals surface area (Å²) in [6, 6.07) is 5.69. The molecule has 1 N–H and O–H groups in total. The normalized spacial score (nSPS) is 21.4. The minimum atomic E-state index is 0.0511. The fraction of sp³-hybridized carbons (Fsp3) is 0.533. The SMILES string of the molecule is CN(C(=O)c1ccc2c(c1)OCO2)C1CCCNCC1. The van der Waals surface area contributed by atoms with Crippen LogP contribution in [-0.2, 0) is 0 Å². The van der Waals surface area contributed by atoms with E-state index in [4.69, 9.17) is 9.47 Å². The van der Waals surface area contributed by atoms with Crippen molar-refractivity contribution in [3.63, 3.8) is 0 Å². The predicted octanol–water partition coefficient (Wildman–Crippen LogP) is 1.63. The van der Waals surface area contributed by atoms with E-state index in [1.807, 2.05) is 11.9 Å². The Balaban J connectivity index is 1.74. The number of carbonyl (C=O) groups is 1. The van der Waals surface area contributed by atoms with Gasteiger partial charge >= 0.3 is 0 Å². The maximum atomic E-state index is 12.6. The number of fused-ring (bicyclic) bond motifs is 1. The Morgan fingerprint density at radius 2 is 2.10 bits per heavy atom. The van der Waals surface area contributed by atoms with E-state index < -0.39 is 0 Å². The van der Waals surface area contributed by atoms with Crippen molar-refractivity contribution in [3.8, 4) is 11.5 Å². The van der Waals surface area contributed by atoms with Crippen LogP contribution in [0.3, 0.4) is 0 Å². The maximum Gasteiger partial charge on any atom is 0.253 e. The molecule has 0 radical (unpaired) electrons. The number of rotatable bonds is 2. The van der Waals surface area contributed by atoms with Crippen LogP contribution in [0.15, 0.2) is 18.2 Å². The molecule has 2 heterocycles. The van der Waals surface area contributed by atoms with Crippen LogP contribution in [0, 0.1) is 0 Å². The van der Waals surface area contributed by atoms with Crippen molar-refractivity contribution in [1.29, 1.82) is 0 Å². The second-order valence-corrected chi connectivity index (χ2v) is 5.32. The molecule has 1 unspecified atom stereocenters. The van der Waals surface area contributed by atoms with E-state index in [0.29, 0.717) is 23.1 Å².